The molecule has 3 aromatic rings. The quantitative estimate of drug-likeness (QED) is 0.643. The van der Waals surface area contributed by atoms with Crippen molar-refractivity contribution in [3.8, 4) is 11.4 Å². The summed E-state index contributed by atoms with van der Waals surface area (Å²) in [6, 6.07) is 5.39. The van der Waals surface area contributed by atoms with Crippen LogP contribution in [0.2, 0.25) is 0 Å². The molecular weight excluding hydrogens is 360 g/mol. The van der Waals surface area contributed by atoms with Gasteiger partial charge in [-0.2, -0.15) is 8.42 Å². The minimum Gasteiger partial charge on any atom is -0.332 e. The lowest BCUT2D eigenvalue weighted by molar-refractivity contribution is 0.483. The number of aromatic nitrogens is 4. The van der Waals surface area contributed by atoms with Crippen LogP contribution in [0, 0.1) is 0 Å². The maximum atomic E-state index is 12.6. The third-order valence-electron chi connectivity index (χ3n) is 4.05. The van der Waals surface area contributed by atoms with E-state index in [0.29, 0.717) is 30.9 Å². The van der Waals surface area contributed by atoms with E-state index in [9.17, 15) is 18.0 Å². The molecule has 0 bridgehead atoms. The van der Waals surface area contributed by atoms with Crippen molar-refractivity contribution in [1.82, 2.24) is 19.1 Å². The SMILES string of the molecule is CCCn1c(=O)c2[nH]c(-c3ccc(S(=O)(=O)O)cc3)nc2n(CC)c1=O. The second kappa shape index (κ2) is 6.54. The zero-order valence-electron chi connectivity index (χ0n) is 14.3. The molecule has 0 fully saturated rings. The van der Waals surface area contributed by atoms with Crippen LogP contribution in [0.15, 0.2) is 38.8 Å². The van der Waals surface area contributed by atoms with Crippen LogP contribution in [0.1, 0.15) is 20.3 Å². The molecule has 0 aliphatic heterocycles. The van der Waals surface area contributed by atoms with Gasteiger partial charge >= 0.3 is 5.69 Å². The van der Waals surface area contributed by atoms with Gasteiger partial charge in [-0.3, -0.25) is 18.5 Å². The summed E-state index contributed by atoms with van der Waals surface area (Å²) in [5.41, 5.74) is 0.138. The van der Waals surface area contributed by atoms with Crippen molar-refractivity contribution in [2.24, 2.45) is 0 Å². The molecule has 0 amide bonds. The van der Waals surface area contributed by atoms with Crippen LogP contribution in [0.25, 0.3) is 22.6 Å². The number of aryl methyl sites for hydroxylation is 1. The van der Waals surface area contributed by atoms with Crippen LogP contribution < -0.4 is 11.2 Å². The van der Waals surface area contributed by atoms with Crippen LogP contribution in [0.3, 0.4) is 0 Å². The highest BCUT2D eigenvalue weighted by molar-refractivity contribution is 7.85. The Morgan fingerprint density at radius 3 is 2.31 bits per heavy atom. The molecule has 9 nitrogen and oxygen atoms in total. The standard InChI is InChI=1S/C16H18N4O5S/c1-3-9-20-15(21)12-14(19(4-2)16(20)22)18-13(17-12)10-5-7-11(8-6-10)26(23,24)25/h5-8H,3-4,9H2,1-2H3,(H,17,18)(H,23,24,25). The van der Waals surface area contributed by atoms with Gasteiger partial charge < -0.3 is 4.98 Å². The predicted molar refractivity (Wildman–Crippen MR) is 95.8 cm³/mol. The Kier molecular flexibility index (Phi) is 4.55. The monoisotopic (exact) mass is 378 g/mol. The molecule has 1 aromatic carbocycles. The third-order valence-corrected chi connectivity index (χ3v) is 4.92. The van der Waals surface area contributed by atoms with Gasteiger partial charge in [-0.05, 0) is 37.6 Å². The van der Waals surface area contributed by atoms with E-state index in [4.69, 9.17) is 4.55 Å². The number of aromatic amines is 1. The van der Waals surface area contributed by atoms with Gasteiger partial charge in [0.25, 0.3) is 15.7 Å². The summed E-state index contributed by atoms with van der Waals surface area (Å²) in [7, 11) is -4.29. The van der Waals surface area contributed by atoms with Crippen molar-refractivity contribution in [3.05, 3.63) is 45.1 Å². The molecule has 0 atom stereocenters. The second-order valence-electron chi connectivity index (χ2n) is 5.77. The largest absolute Gasteiger partial charge is 0.332 e. The smallest absolute Gasteiger partial charge is 0.332 e. The van der Waals surface area contributed by atoms with E-state index in [-0.39, 0.29) is 16.1 Å². The lowest BCUT2D eigenvalue weighted by Gasteiger charge is -2.07. The van der Waals surface area contributed by atoms with E-state index >= 15 is 0 Å². The van der Waals surface area contributed by atoms with Crippen LogP contribution in [-0.4, -0.2) is 32.1 Å². The molecule has 26 heavy (non-hydrogen) atoms. The molecule has 0 spiro atoms. The Morgan fingerprint density at radius 1 is 1.12 bits per heavy atom. The fourth-order valence-electron chi connectivity index (χ4n) is 2.79. The van der Waals surface area contributed by atoms with Gasteiger partial charge in [0.2, 0.25) is 0 Å². The molecular formula is C16H18N4O5S. The van der Waals surface area contributed by atoms with Gasteiger partial charge in [0.15, 0.2) is 5.65 Å². The average molecular weight is 378 g/mol. The summed E-state index contributed by atoms with van der Waals surface area (Å²) in [5.74, 6) is 0.329. The molecule has 0 unspecified atom stereocenters. The highest BCUT2D eigenvalue weighted by atomic mass is 32.2. The molecule has 0 aliphatic rings. The Hall–Kier alpha value is -2.72. The third kappa shape index (κ3) is 2.97. The van der Waals surface area contributed by atoms with Gasteiger partial charge in [0.05, 0.1) is 4.90 Å². The molecule has 2 heterocycles. The first kappa shape index (κ1) is 18.1. The van der Waals surface area contributed by atoms with Crippen LogP contribution in [0.4, 0.5) is 0 Å². The molecule has 138 valence electrons. The van der Waals surface area contributed by atoms with Crippen molar-refractivity contribution < 1.29 is 13.0 Å². The summed E-state index contributed by atoms with van der Waals surface area (Å²) in [4.78, 5) is 32.1. The maximum Gasteiger partial charge on any atom is 0.332 e. The Bertz CT molecular complexity index is 1190. The zero-order chi connectivity index (χ0) is 19.1. The number of benzene rings is 1. The summed E-state index contributed by atoms with van der Waals surface area (Å²) >= 11 is 0. The summed E-state index contributed by atoms with van der Waals surface area (Å²) in [6.45, 7) is 4.33. The van der Waals surface area contributed by atoms with E-state index < -0.39 is 21.4 Å². The van der Waals surface area contributed by atoms with Crippen molar-refractivity contribution in [1.29, 1.82) is 0 Å². The maximum absolute atomic E-state index is 12.6. The predicted octanol–water partition coefficient (Wildman–Crippen LogP) is 1.23. The Labute approximate surface area is 148 Å². The van der Waals surface area contributed by atoms with Gasteiger partial charge in [0.1, 0.15) is 11.3 Å². The summed E-state index contributed by atoms with van der Waals surface area (Å²) in [6.07, 6.45) is 0.641. The number of H-pyrrole nitrogens is 1. The van der Waals surface area contributed by atoms with Gasteiger partial charge in [0, 0.05) is 18.7 Å². The number of nitrogens with zero attached hydrogens (tertiary/aromatic N) is 3. The first-order valence-corrected chi connectivity index (χ1v) is 9.53. The summed E-state index contributed by atoms with van der Waals surface area (Å²) in [5, 5.41) is 0. The molecule has 10 heteroatoms. The minimum atomic E-state index is -4.29. The highest BCUT2D eigenvalue weighted by Gasteiger charge is 2.17. The van der Waals surface area contributed by atoms with Gasteiger partial charge in [-0.15, -0.1) is 0 Å². The van der Waals surface area contributed by atoms with Crippen molar-refractivity contribution in [3.63, 3.8) is 0 Å². The summed E-state index contributed by atoms with van der Waals surface area (Å²) < 4.78 is 33.9. The zero-order valence-corrected chi connectivity index (χ0v) is 15.1. The Morgan fingerprint density at radius 2 is 1.77 bits per heavy atom. The van der Waals surface area contributed by atoms with Gasteiger partial charge in [-0.25, -0.2) is 9.78 Å². The first-order valence-electron chi connectivity index (χ1n) is 8.09. The van der Waals surface area contributed by atoms with Crippen molar-refractivity contribution in [2.75, 3.05) is 0 Å². The van der Waals surface area contributed by atoms with Gasteiger partial charge in [-0.1, -0.05) is 6.92 Å². The number of rotatable bonds is 5. The topological polar surface area (TPSA) is 127 Å². The second-order valence-corrected chi connectivity index (χ2v) is 7.19. The molecule has 2 N–H and O–H groups in total. The van der Waals surface area contributed by atoms with Crippen molar-refractivity contribution >= 4 is 21.3 Å². The number of hydrogen-bond acceptors (Lipinski definition) is 5. The van der Waals surface area contributed by atoms with Crippen molar-refractivity contribution in [2.45, 2.75) is 38.3 Å². The van der Waals surface area contributed by atoms with E-state index in [2.05, 4.69) is 9.97 Å². The van der Waals surface area contributed by atoms with E-state index in [1.807, 2.05) is 6.92 Å². The fourth-order valence-corrected chi connectivity index (χ4v) is 3.27. The van der Waals surface area contributed by atoms with Crippen LogP contribution in [-0.2, 0) is 23.2 Å². The van der Waals surface area contributed by atoms with E-state index in [1.165, 1.54) is 33.4 Å². The first-order chi connectivity index (χ1) is 12.3. The minimum absolute atomic E-state index is 0.216. The van der Waals surface area contributed by atoms with Crippen LogP contribution >= 0.6 is 0 Å². The molecule has 3 rings (SSSR count). The number of fused-ring (bicyclic) bond motifs is 1. The molecule has 0 saturated carbocycles. The molecule has 2 aromatic heterocycles. The fraction of sp³-hybridized carbons (Fsp3) is 0.312. The highest BCUT2D eigenvalue weighted by Crippen LogP contribution is 2.20. The number of hydrogen-bond donors (Lipinski definition) is 2. The number of nitrogens with one attached hydrogen (secondary N) is 1. The Balaban J connectivity index is 2.22. The van der Waals surface area contributed by atoms with Crippen LogP contribution in [0.5, 0.6) is 0 Å². The molecule has 0 saturated heterocycles. The number of imidazole rings is 1. The molecule has 0 aliphatic carbocycles. The average Bonchev–Trinajstić information content (AvgIpc) is 3.04. The van der Waals surface area contributed by atoms with E-state index in [0.717, 1.165) is 0 Å². The van der Waals surface area contributed by atoms with E-state index in [1.54, 1.807) is 6.92 Å². The normalized spacial score (nSPS) is 12.0. The lowest BCUT2D eigenvalue weighted by atomic mass is 10.2. The molecule has 0 radical (unpaired) electrons. The lowest BCUT2D eigenvalue weighted by Crippen LogP contribution is -2.39.